The summed E-state index contributed by atoms with van der Waals surface area (Å²) in [6.07, 6.45) is 5.46. The molecule has 0 aliphatic carbocycles. The Morgan fingerprint density at radius 1 is 1.12 bits per heavy atom. The number of hydrogen-bond acceptors (Lipinski definition) is 6. The summed E-state index contributed by atoms with van der Waals surface area (Å²) >= 11 is 0. The van der Waals surface area contributed by atoms with Crippen LogP contribution in [0.4, 0.5) is 0 Å². The van der Waals surface area contributed by atoms with Gasteiger partial charge in [-0.3, -0.25) is 9.47 Å². The predicted molar refractivity (Wildman–Crippen MR) is 93.2 cm³/mol. The molecular weight excluding hydrogens is 316 g/mol. The molecule has 0 amide bonds. The Bertz CT molecular complexity index is 795. The Labute approximate surface area is 146 Å². The van der Waals surface area contributed by atoms with Gasteiger partial charge in [-0.05, 0) is 26.2 Å². The van der Waals surface area contributed by atoms with Gasteiger partial charge < -0.3 is 4.90 Å². The smallest absolute Gasteiger partial charge is 0.151 e. The summed E-state index contributed by atoms with van der Waals surface area (Å²) in [5.74, 6) is 0.947. The zero-order valence-electron chi connectivity index (χ0n) is 14.5. The van der Waals surface area contributed by atoms with E-state index >= 15 is 0 Å². The van der Waals surface area contributed by atoms with Crippen LogP contribution in [-0.2, 0) is 6.54 Å². The van der Waals surface area contributed by atoms with E-state index in [9.17, 15) is 0 Å². The molecule has 1 aliphatic rings. The fourth-order valence-electron chi connectivity index (χ4n) is 3.51. The highest BCUT2D eigenvalue weighted by Gasteiger charge is 2.36. The highest BCUT2D eigenvalue weighted by molar-refractivity contribution is 5.32. The first-order valence-electron chi connectivity index (χ1n) is 8.41. The molecule has 0 saturated carbocycles. The second kappa shape index (κ2) is 6.73. The maximum Gasteiger partial charge on any atom is 0.151 e. The number of rotatable bonds is 5. The first-order chi connectivity index (χ1) is 12.2. The summed E-state index contributed by atoms with van der Waals surface area (Å²) in [5.41, 5.74) is 1.08. The lowest BCUT2D eigenvalue weighted by Crippen LogP contribution is -2.36. The summed E-state index contributed by atoms with van der Waals surface area (Å²) in [5, 5.41) is 16.6. The van der Waals surface area contributed by atoms with Crippen LogP contribution in [0.1, 0.15) is 11.9 Å². The highest BCUT2D eigenvalue weighted by Crippen LogP contribution is 2.25. The van der Waals surface area contributed by atoms with Crippen LogP contribution in [0.3, 0.4) is 0 Å². The fraction of sp³-hybridized carbons (Fsp3) is 0.412. The molecule has 1 aromatic carbocycles. The van der Waals surface area contributed by atoms with Crippen molar-refractivity contribution in [1.29, 1.82) is 0 Å². The zero-order chi connectivity index (χ0) is 17.2. The summed E-state index contributed by atoms with van der Waals surface area (Å²) in [6, 6.07) is 10.9. The van der Waals surface area contributed by atoms with Crippen molar-refractivity contribution in [2.24, 2.45) is 0 Å². The average Bonchev–Trinajstić information content (AvgIpc) is 3.36. The summed E-state index contributed by atoms with van der Waals surface area (Å²) in [4.78, 5) is 4.66. The van der Waals surface area contributed by atoms with E-state index in [1.165, 1.54) is 0 Å². The molecule has 2 atom stereocenters. The van der Waals surface area contributed by atoms with Crippen molar-refractivity contribution in [2.75, 3.05) is 27.2 Å². The summed E-state index contributed by atoms with van der Waals surface area (Å²) in [7, 11) is 4.23. The van der Waals surface area contributed by atoms with Crippen molar-refractivity contribution in [3.05, 3.63) is 54.9 Å². The lowest BCUT2D eigenvalue weighted by molar-refractivity contribution is 0.236. The predicted octanol–water partition coefficient (Wildman–Crippen LogP) is 0.846. The molecule has 1 saturated heterocycles. The minimum absolute atomic E-state index is 0.283. The number of aromatic nitrogens is 6. The molecular formula is C17H22N8. The van der Waals surface area contributed by atoms with Crippen LogP contribution in [-0.4, -0.2) is 72.8 Å². The van der Waals surface area contributed by atoms with Gasteiger partial charge in [0.05, 0.1) is 18.8 Å². The molecule has 0 unspecified atom stereocenters. The SMILES string of the molecule is CN(C)[C@@H]1CN(Cc2nncn2-c2ccccc2)C[C@@H]1n1ccnn1. The van der Waals surface area contributed by atoms with Gasteiger partial charge in [-0.2, -0.15) is 0 Å². The van der Waals surface area contributed by atoms with Crippen molar-refractivity contribution in [3.63, 3.8) is 0 Å². The second-order valence-corrected chi connectivity index (χ2v) is 6.63. The maximum absolute atomic E-state index is 4.34. The molecule has 2 aromatic heterocycles. The Hall–Kier alpha value is -2.58. The molecule has 3 heterocycles. The van der Waals surface area contributed by atoms with E-state index in [-0.39, 0.29) is 6.04 Å². The standard InChI is InChI=1S/C17H22N8/c1-22(2)15-10-23(11-16(15)25-9-8-18-21-25)12-17-20-19-13-24(17)14-6-4-3-5-7-14/h3-9,13,15-16H,10-12H2,1-2H3/t15-,16+/m1/s1. The van der Waals surface area contributed by atoms with E-state index in [0.29, 0.717) is 6.04 Å². The molecule has 130 valence electrons. The van der Waals surface area contributed by atoms with Crippen molar-refractivity contribution >= 4 is 0 Å². The van der Waals surface area contributed by atoms with Crippen LogP contribution in [0.25, 0.3) is 5.69 Å². The summed E-state index contributed by atoms with van der Waals surface area (Å²) in [6.45, 7) is 2.62. The van der Waals surface area contributed by atoms with Gasteiger partial charge in [-0.25, -0.2) is 4.68 Å². The van der Waals surface area contributed by atoms with Gasteiger partial charge in [0, 0.05) is 31.0 Å². The van der Waals surface area contributed by atoms with Gasteiger partial charge in [0.2, 0.25) is 0 Å². The van der Waals surface area contributed by atoms with Crippen LogP contribution < -0.4 is 0 Å². The van der Waals surface area contributed by atoms with Crippen molar-refractivity contribution < 1.29 is 0 Å². The van der Waals surface area contributed by atoms with E-state index < -0.39 is 0 Å². The molecule has 0 spiro atoms. The van der Waals surface area contributed by atoms with Crippen LogP contribution in [0.15, 0.2) is 49.1 Å². The molecule has 0 bridgehead atoms. The third-order valence-electron chi connectivity index (χ3n) is 4.80. The number of likely N-dealkylation sites (tertiary alicyclic amines) is 1. The van der Waals surface area contributed by atoms with Crippen LogP contribution in [0.5, 0.6) is 0 Å². The highest BCUT2D eigenvalue weighted by atomic mass is 15.5. The molecule has 8 heteroatoms. The Morgan fingerprint density at radius 2 is 1.96 bits per heavy atom. The summed E-state index contributed by atoms with van der Waals surface area (Å²) < 4.78 is 4.01. The minimum atomic E-state index is 0.283. The number of likely N-dealkylation sites (N-methyl/N-ethyl adjacent to an activating group) is 1. The number of para-hydroxylation sites is 1. The van der Waals surface area contributed by atoms with Gasteiger partial charge in [-0.15, -0.1) is 15.3 Å². The fourth-order valence-corrected chi connectivity index (χ4v) is 3.51. The quantitative estimate of drug-likeness (QED) is 0.687. The van der Waals surface area contributed by atoms with E-state index in [0.717, 1.165) is 31.1 Å². The largest absolute Gasteiger partial charge is 0.303 e. The van der Waals surface area contributed by atoms with Gasteiger partial charge in [0.15, 0.2) is 5.82 Å². The monoisotopic (exact) mass is 338 g/mol. The topological polar surface area (TPSA) is 67.9 Å². The number of hydrogen-bond donors (Lipinski definition) is 0. The van der Waals surface area contributed by atoms with Crippen LogP contribution in [0.2, 0.25) is 0 Å². The molecule has 1 aliphatic heterocycles. The third kappa shape index (κ3) is 3.18. The van der Waals surface area contributed by atoms with E-state index in [2.05, 4.69) is 56.5 Å². The van der Waals surface area contributed by atoms with Crippen LogP contribution in [0, 0.1) is 0 Å². The van der Waals surface area contributed by atoms with Gasteiger partial charge in [-0.1, -0.05) is 23.4 Å². The Kier molecular flexibility index (Phi) is 4.29. The van der Waals surface area contributed by atoms with Crippen LogP contribution >= 0.6 is 0 Å². The Balaban J connectivity index is 1.54. The average molecular weight is 338 g/mol. The minimum Gasteiger partial charge on any atom is -0.303 e. The molecule has 25 heavy (non-hydrogen) atoms. The molecule has 3 aromatic rings. The number of nitrogens with zero attached hydrogens (tertiary/aromatic N) is 8. The lowest BCUT2D eigenvalue weighted by Gasteiger charge is -2.24. The zero-order valence-corrected chi connectivity index (χ0v) is 14.5. The van der Waals surface area contributed by atoms with Crippen molar-refractivity contribution in [1.82, 2.24) is 39.6 Å². The Morgan fingerprint density at radius 3 is 2.68 bits per heavy atom. The first-order valence-corrected chi connectivity index (χ1v) is 8.41. The van der Waals surface area contributed by atoms with E-state index in [4.69, 9.17) is 0 Å². The second-order valence-electron chi connectivity index (χ2n) is 6.63. The first kappa shape index (κ1) is 15.9. The molecule has 8 nitrogen and oxygen atoms in total. The maximum atomic E-state index is 4.34. The van der Waals surface area contributed by atoms with Crippen molar-refractivity contribution in [3.8, 4) is 5.69 Å². The molecule has 0 radical (unpaired) electrons. The molecule has 0 N–H and O–H groups in total. The number of benzene rings is 1. The van der Waals surface area contributed by atoms with E-state index in [1.54, 1.807) is 12.5 Å². The van der Waals surface area contributed by atoms with Gasteiger partial charge in [0.1, 0.15) is 6.33 Å². The lowest BCUT2D eigenvalue weighted by atomic mass is 10.1. The van der Waals surface area contributed by atoms with Crippen molar-refractivity contribution in [2.45, 2.75) is 18.6 Å². The normalized spacial score (nSPS) is 21.2. The molecule has 1 fully saturated rings. The van der Waals surface area contributed by atoms with Gasteiger partial charge >= 0.3 is 0 Å². The molecule has 4 rings (SSSR count). The van der Waals surface area contributed by atoms with Gasteiger partial charge in [0.25, 0.3) is 0 Å². The van der Waals surface area contributed by atoms with E-state index in [1.807, 2.05) is 33.6 Å². The third-order valence-corrected chi connectivity index (χ3v) is 4.80.